The van der Waals surface area contributed by atoms with Crippen molar-refractivity contribution in [3.8, 4) is 0 Å². The minimum atomic E-state index is 0.397. The monoisotopic (exact) mass is 254 g/mol. The largest absolute Gasteiger partial charge is 0.194 e. The first-order valence-electron chi connectivity index (χ1n) is 7.33. The van der Waals surface area contributed by atoms with Crippen LogP contribution in [0.5, 0.6) is 0 Å². The average molecular weight is 254 g/mol. The molecule has 0 rings (SSSR count). The molecule has 0 bridgehead atoms. The Morgan fingerprint density at radius 2 is 0.944 bits per heavy atom. The van der Waals surface area contributed by atoms with E-state index in [-0.39, 0.29) is 0 Å². The Kier molecular flexibility index (Phi) is 7.09. The minimum Gasteiger partial charge on any atom is -0.194 e. The van der Waals surface area contributed by atoms with Crippen molar-refractivity contribution in [2.45, 2.75) is 68.2 Å². The Morgan fingerprint density at radius 1 is 0.667 bits per heavy atom. The third-order valence-electron chi connectivity index (χ3n) is 2.81. The second-order valence-corrected chi connectivity index (χ2v) is 8.39. The Morgan fingerprint density at radius 3 is 1.17 bits per heavy atom. The predicted molar refractivity (Wildman–Crippen MR) is 81.1 cm³/mol. The molecule has 2 nitrogen and oxygen atoms in total. The molecule has 0 aliphatic carbocycles. The van der Waals surface area contributed by atoms with Gasteiger partial charge in [-0.3, -0.25) is 0 Å². The highest BCUT2D eigenvalue weighted by molar-refractivity contribution is 4.69. The van der Waals surface area contributed by atoms with E-state index in [9.17, 15) is 0 Å². The molecule has 0 aromatic heterocycles. The molecule has 0 saturated heterocycles. The second-order valence-electron chi connectivity index (χ2n) is 8.39. The first-order chi connectivity index (χ1) is 7.99. The van der Waals surface area contributed by atoms with Gasteiger partial charge in [0.05, 0.1) is 13.1 Å². The molecule has 2 heteroatoms. The van der Waals surface area contributed by atoms with E-state index < -0.39 is 0 Å². The lowest BCUT2D eigenvalue weighted by Gasteiger charge is -2.22. The van der Waals surface area contributed by atoms with Crippen molar-refractivity contribution < 1.29 is 0 Å². The van der Waals surface area contributed by atoms with Crippen molar-refractivity contribution in [2.24, 2.45) is 32.9 Å². The first kappa shape index (κ1) is 17.6. The maximum absolute atomic E-state index is 4.35. The van der Waals surface area contributed by atoms with Crippen molar-refractivity contribution in [2.75, 3.05) is 13.1 Å². The molecule has 0 aromatic carbocycles. The fourth-order valence-electron chi connectivity index (χ4n) is 2.61. The summed E-state index contributed by atoms with van der Waals surface area (Å²) in [6.45, 7) is 20.0. The maximum Gasteiger partial charge on any atom is 0.0624 e. The summed E-state index contributed by atoms with van der Waals surface area (Å²) in [6, 6.07) is 0. The van der Waals surface area contributed by atoms with Crippen molar-refractivity contribution in [3.63, 3.8) is 0 Å². The van der Waals surface area contributed by atoms with Gasteiger partial charge in [-0.05, 0) is 35.5 Å². The molecule has 0 fully saturated rings. The summed E-state index contributed by atoms with van der Waals surface area (Å²) in [6.07, 6.45) is 2.42. The van der Waals surface area contributed by atoms with Crippen LogP contribution in [0, 0.1) is 22.7 Å². The van der Waals surface area contributed by atoms with Gasteiger partial charge >= 0.3 is 0 Å². The van der Waals surface area contributed by atoms with E-state index in [4.69, 9.17) is 0 Å². The van der Waals surface area contributed by atoms with E-state index >= 15 is 0 Å². The predicted octanol–water partition coefficient (Wildman–Crippen LogP) is 5.58. The van der Waals surface area contributed by atoms with E-state index in [0.29, 0.717) is 22.7 Å². The summed E-state index contributed by atoms with van der Waals surface area (Å²) in [5, 5.41) is 8.70. The molecule has 0 heterocycles. The van der Waals surface area contributed by atoms with Crippen molar-refractivity contribution >= 4 is 0 Å². The van der Waals surface area contributed by atoms with Crippen molar-refractivity contribution in [3.05, 3.63) is 0 Å². The Balaban J connectivity index is 3.84. The summed E-state index contributed by atoms with van der Waals surface area (Å²) >= 11 is 0. The van der Waals surface area contributed by atoms with Crippen LogP contribution in [0.4, 0.5) is 0 Å². The fourth-order valence-corrected chi connectivity index (χ4v) is 2.61. The number of nitrogens with zero attached hydrogens (tertiary/aromatic N) is 2. The van der Waals surface area contributed by atoms with Gasteiger partial charge in [0.2, 0.25) is 0 Å². The number of hydrogen-bond donors (Lipinski definition) is 0. The highest BCUT2D eigenvalue weighted by Crippen LogP contribution is 2.25. The first-order valence-corrected chi connectivity index (χ1v) is 7.33. The topological polar surface area (TPSA) is 24.7 Å². The summed E-state index contributed by atoms with van der Waals surface area (Å²) in [5.74, 6) is 1.26. The lowest BCUT2D eigenvalue weighted by atomic mass is 9.85. The zero-order chi connectivity index (χ0) is 14.4. The van der Waals surface area contributed by atoms with Gasteiger partial charge in [0, 0.05) is 0 Å². The van der Waals surface area contributed by atoms with Crippen molar-refractivity contribution in [1.82, 2.24) is 0 Å². The molecule has 18 heavy (non-hydrogen) atoms. The summed E-state index contributed by atoms with van der Waals surface area (Å²) in [4.78, 5) is 0. The molecule has 0 amide bonds. The summed E-state index contributed by atoms with van der Waals surface area (Å²) in [5.41, 5.74) is 0.795. The summed E-state index contributed by atoms with van der Waals surface area (Å²) < 4.78 is 0. The normalized spacial score (nSPS) is 17.1. The van der Waals surface area contributed by atoms with Gasteiger partial charge in [0.15, 0.2) is 0 Å². The van der Waals surface area contributed by atoms with Crippen molar-refractivity contribution in [1.29, 1.82) is 0 Å². The van der Waals surface area contributed by atoms with Crippen LogP contribution >= 0.6 is 0 Å². The summed E-state index contributed by atoms with van der Waals surface area (Å²) in [7, 11) is 0. The molecule has 2 unspecified atom stereocenters. The highest BCUT2D eigenvalue weighted by Gasteiger charge is 2.16. The Bertz CT molecular complexity index is 217. The molecule has 0 spiro atoms. The quantitative estimate of drug-likeness (QED) is 0.552. The molecule has 0 saturated carbocycles. The molecule has 0 aliphatic rings. The second kappa shape index (κ2) is 7.25. The van der Waals surface area contributed by atoms with Crippen LogP contribution < -0.4 is 0 Å². The van der Waals surface area contributed by atoms with Gasteiger partial charge in [-0.1, -0.05) is 55.4 Å². The van der Waals surface area contributed by atoms with Gasteiger partial charge in [0.25, 0.3) is 0 Å². The smallest absolute Gasteiger partial charge is 0.0624 e. The number of azo groups is 1. The molecule has 0 aliphatic heterocycles. The van der Waals surface area contributed by atoms with E-state index in [0.717, 1.165) is 13.1 Å². The van der Waals surface area contributed by atoms with E-state index in [1.54, 1.807) is 0 Å². The molecule has 0 radical (unpaired) electrons. The maximum atomic E-state index is 4.35. The lowest BCUT2D eigenvalue weighted by Crippen LogP contribution is -2.14. The Hall–Kier alpha value is -0.400. The van der Waals surface area contributed by atoms with Crippen LogP contribution in [0.15, 0.2) is 10.2 Å². The van der Waals surface area contributed by atoms with E-state index in [1.807, 2.05) is 0 Å². The fraction of sp³-hybridized carbons (Fsp3) is 1.00. The van der Waals surface area contributed by atoms with Crippen LogP contribution in [0.2, 0.25) is 0 Å². The van der Waals surface area contributed by atoms with Gasteiger partial charge in [-0.25, -0.2) is 0 Å². The molecule has 0 N–H and O–H groups in total. The molecule has 2 atom stereocenters. The van der Waals surface area contributed by atoms with Gasteiger partial charge in [-0.2, -0.15) is 10.2 Å². The highest BCUT2D eigenvalue weighted by atomic mass is 15.1. The van der Waals surface area contributed by atoms with E-state index in [1.165, 1.54) is 12.8 Å². The average Bonchev–Trinajstić information content (AvgIpc) is 2.06. The molecular weight excluding hydrogens is 220 g/mol. The third kappa shape index (κ3) is 12.1. The van der Waals surface area contributed by atoms with Crippen LogP contribution in [0.3, 0.4) is 0 Å². The third-order valence-corrected chi connectivity index (χ3v) is 2.81. The standard InChI is InChI=1S/C16H34N2/c1-13(9-15(3,4)5)11-17-18-12-14(2)10-16(6,7)8/h13-14H,9-12H2,1-8H3/b18-17+. The minimum absolute atomic E-state index is 0.397. The molecular formula is C16H34N2. The van der Waals surface area contributed by atoms with Gasteiger partial charge in [-0.15, -0.1) is 0 Å². The van der Waals surface area contributed by atoms with E-state index in [2.05, 4.69) is 65.6 Å². The molecule has 0 aromatic rings. The van der Waals surface area contributed by atoms with Gasteiger partial charge in [0.1, 0.15) is 0 Å². The number of hydrogen-bond acceptors (Lipinski definition) is 2. The number of rotatable bonds is 6. The Labute approximate surface area is 115 Å². The van der Waals surface area contributed by atoms with Crippen LogP contribution in [0.1, 0.15) is 68.2 Å². The molecule has 108 valence electrons. The SMILES string of the molecule is CC(C/N=N/CC(C)CC(C)(C)C)CC(C)(C)C. The van der Waals surface area contributed by atoms with Crippen LogP contribution in [-0.2, 0) is 0 Å². The zero-order valence-electron chi connectivity index (χ0n) is 13.9. The van der Waals surface area contributed by atoms with Crippen LogP contribution in [-0.4, -0.2) is 13.1 Å². The lowest BCUT2D eigenvalue weighted by molar-refractivity contribution is 0.302. The van der Waals surface area contributed by atoms with Crippen LogP contribution in [0.25, 0.3) is 0 Å². The van der Waals surface area contributed by atoms with Gasteiger partial charge < -0.3 is 0 Å². The zero-order valence-corrected chi connectivity index (χ0v) is 13.9.